The average molecular weight is 341 g/mol. The highest BCUT2D eigenvalue weighted by molar-refractivity contribution is 6.42. The van der Waals surface area contributed by atoms with E-state index in [0.717, 1.165) is 19.3 Å². The predicted octanol–water partition coefficient (Wildman–Crippen LogP) is 3.94. The third kappa shape index (κ3) is 5.04. The van der Waals surface area contributed by atoms with Crippen LogP contribution in [0, 0.1) is 0 Å². The van der Waals surface area contributed by atoms with Crippen LogP contribution in [0.3, 0.4) is 0 Å². The van der Waals surface area contributed by atoms with Crippen molar-refractivity contribution in [2.45, 2.75) is 32.1 Å². The second kappa shape index (κ2) is 8.20. The van der Waals surface area contributed by atoms with E-state index in [1.807, 2.05) is 0 Å². The van der Waals surface area contributed by atoms with Gasteiger partial charge in [0.05, 0.1) is 10.7 Å². The lowest BCUT2D eigenvalue weighted by Crippen LogP contribution is -2.36. The van der Waals surface area contributed by atoms with E-state index in [2.05, 4.69) is 16.7 Å². The van der Waals surface area contributed by atoms with Gasteiger partial charge in [-0.05, 0) is 50.3 Å². The number of nitrogens with one attached hydrogen (secondary N) is 2. The van der Waals surface area contributed by atoms with Gasteiger partial charge in [-0.25, -0.2) is 0 Å². The van der Waals surface area contributed by atoms with Crippen molar-refractivity contribution >= 4 is 40.7 Å². The molecule has 0 unspecified atom stereocenters. The van der Waals surface area contributed by atoms with E-state index >= 15 is 0 Å². The molecule has 0 spiro atoms. The summed E-state index contributed by atoms with van der Waals surface area (Å²) in [4.78, 5) is 23.6. The minimum Gasteiger partial charge on any atom is -0.348 e. The molecular weight excluding hydrogens is 323 g/mol. The monoisotopic (exact) mass is 340 g/mol. The van der Waals surface area contributed by atoms with Crippen LogP contribution in [0.5, 0.6) is 0 Å². The lowest BCUT2D eigenvalue weighted by Gasteiger charge is -2.13. The maximum Gasteiger partial charge on any atom is 0.313 e. The van der Waals surface area contributed by atoms with Crippen molar-refractivity contribution in [2.24, 2.45) is 0 Å². The summed E-state index contributed by atoms with van der Waals surface area (Å²) < 4.78 is 0. The standard InChI is InChI=1S/C16H18Cl2N2O2/c17-12-6-7-14(13(18)10-12)20-16(22)15(21)19-9-8-11-4-2-1-3-5-11/h4,6-7,10H,1-3,5,8-9H2,(H,19,21)(H,20,22). The zero-order valence-corrected chi connectivity index (χ0v) is 13.6. The fourth-order valence-electron chi connectivity index (χ4n) is 2.32. The fourth-order valence-corrected chi connectivity index (χ4v) is 2.77. The molecule has 2 rings (SSSR count). The summed E-state index contributed by atoms with van der Waals surface area (Å²) in [5, 5.41) is 5.85. The van der Waals surface area contributed by atoms with Crippen LogP contribution in [0.1, 0.15) is 32.1 Å². The van der Waals surface area contributed by atoms with Crippen molar-refractivity contribution in [1.29, 1.82) is 0 Å². The molecule has 118 valence electrons. The van der Waals surface area contributed by atoms with E-state index in [1.165, 1.54) is 24.5 Å². The van der Waals surface area contributed by atoms with E-state index in [0.29, 0.717) is 22.3 Å². The second-order valence-corrected chi connectivity index (χ2v) is 6.04. The number of halogens is 2. The van der Waals surface area contributed by atoms with Gasteiger partial charge in [0, 0.05) is 11.6 Å². The van der Waals surface area contributed by atoms with Gasteiger partial charge in [-0.3, -0.25) is 9.59 Å². The topological polar surface area (TPSA) is 58.2 Å². The Hall–Kier alpha value is -1.52. The van der Waals surface area contributed by atoms with Crippen LogP contribution in [0.25, 0.3) is 0 Å². The van der Waals surface area contributed by atoms with Gasteiger partial charge in [0.2, 0.25) is 0 Å². The van der Waals surface area contributed by atoms with Gasteiger partial charge in [0.25, 0.3) is 0 Å². The summed E-state index contributed by atoms with van der Waals surface area (Å²) in [6.07, 6.45) is 7.65. The molecule has 0 fully saturated rings. The molecule has 1 aliphatic carbocycles. The van der Waals surface area contributed by atoms with Gasteiger partial charge in [0.1, 0.15) is 0 Å². The van der Waals surface area contributed by atoms with Crippen LogP contribution < -0.4 is 10.6 Å². The summed E-state index contributed by atoms with van der Waals surface area (Å²) in [6.45, 7) is 0.465. The summed E-state index contributed by atoms with van der Waals surface area (Å²) >= 11 is 11.7. The molecule has 0 saturated heterocycles. The highest BCUT2D eigenvalue weighted by Gasteiger charge is 2.15. The lowest BCUT2D eigenvalue weighted by molar-refractivity contribution is -0.136. The Labute approximate surface area is 139 Å². The molecule has 0 saturated carbocycles. The number of amides is 2. The first-order valence-electron chi connectivity index (χ1n) is 7.28. The third-order valence-corrected chi connectivity index (χ3v) is 4.05. The number of benzene rings is 1. The molecule has 2 N–H and O–H groups in total. The first kappa shape index (κ1) is 16.8. The summed E-state index contributed by atoms with van der Waals surface area (Å²) in [5.41, 5.74) is 1.72. The van der Waals surface area contributed by atoms with Crippen molar-refractivity contribution in [3.8, 4) is 0 Å². The Morgan fingerprint density at radius 2 is 1.95 bits per heavy atom. The number of rotatable bonds is 4. The first-order valence-corrected chi connectivity index (χ1v) is 8.04. The normalized spacial score (nSPS) is 14.2. The molecule has 0 heterocycles. The smallest absolute Gasteiger partial charge is 0.313 e. The average Bonchev–Trinajstić information content (AvgIpc) is 2.51. The molecule has 1 aromatic carbocycles. The van der Waals surface area contributed by atoms with Crippen molar-refractivity contribution in [3.63, 3.8) is 0 Å². The Morgan fingerprint density at radius 1 is 1.14 bits per heavy atom. The minimum absolute atomic E-state index is 0.293. The Kier molecular flexibility index (Phi) is 6.28. The zero-order chi connectivity index (χ0) is 15.9. The number of anilines is 1. The second-order valence-electron chi connectivity index (χ2n) is 5.19. The molecule has 2 amide bonds. The van der Waals surface area contributed by atoms with E-state index in [4.69, 9.17) is 23.2 Å². The SMILES string of the molecule is O=C(NCCC1=CCCCC1)C(=O)Nc1ccc(Cl)cc1Cl. The Morgan fingerprint density at radius 3 is 2.64 bits per heavy atom. The number of hydrogen-bond acceptors (Lipinski definition) is 2. The van der Waals surface area contributed by atoms with Crippen molar-refractivity contribution in [3.05, 3.63) is 39.9 Å². The molecular formula is C16H18Cl2N2O2. The molecule has 0 aromatic heterocycles. The van der Waals surface area contributed by atoms with Crippen LogP contribution >= 0.6 is 23.2 Å². The van der Waals surface area contributed by atoms with Gasteiger partial charge in [-0.15, -0.1) is 0 Å². The highest BCUT2D eigenvalue weighted by atomic mass is 35.5. The zero-order valence-electron chi connectivity index (χ0n) is 12.1. The molecule has 0 bridgehead atoms. The third-order valence-electron chi connectivity index (χ3n) is 3.50. The van der Waals surface area contributed by atoms with Gasteiger partial charge in [0.15, 0.2) is 0 Å². The van der Waals surface area contributed by atoms with Crippen molar-refractivity contribution in [1.82, 2.24) is 5.32 Å². The summed E-state index contributed by atoms with van der Waals surface area (Å²) in [7, 11) is 0. The minimum atomic E-state index is -0.734. The largest absolute Gasteiger partial charge is 0.348 e. The van der Waals surface area contributed by atoms with Crippen molar-refractivity contribution in [2.75, 3.05) is 11.9 Å². The molecule has 0 aliphatic heterocycles. The summed E-state index contributed by atoms with van der Waals surface area (Å²) in [6, 6.07) is 4.66. The number of hydrogen-bond donors (Lipinski definition) is 2. The fraction of sp³-hybridized carbons (Fsp3) is 0.375. The molecule has 22 heavy (non-hydrogen) atoms. The van der Waals surface area contributed by atoms with E-state index in [9.17, 15) is 9.59 Å². The Bertz CT molecular complexity index is 600. The first-order chi connectivity index (χ1) is 10.6. The number of carbonyl (C=O) groups is 2. The Balaban J connectivity index is 1.79. The van der Waals surface area contributed by atoms with Crippen LogP contribution in [0.15, 0.2) is 29.8 Å². The van der Waals surface area contributed by atoms with E-state index < -0.39 is 11.8 Å². The quantitative estimate of drug-likeness (QED) is 0.644. The number of allylic oxidation sites excluding steroid dienone is 1. The maximum atomic E-state index is 11.8. The number of carbonyl (C=O) groups excluding carboxylic acids is 2. The molecule has 1 aliphatic rings. The molecule has 0 radical (unpaired) electrons. The van der Waals surface area contributed by atoms with Gasteiger partial charge < -0.3 is 10.6 Å². The summed E-state index contributed by atoms with van der Waals surface area (Å²) in [5.74, 6) is -1.40. The van der Waals surface area contributed by atoms with Crippen LogP contribution in [0.4, 0.5) is 5.69 Å². The molecule has 4 nitrogen and oxygen atoms in total. The van der Waals surface area contributed by atoms with E-state index in [-0.39, 0.29) is 0 Å². The lowest BCUT2D eigenvalue weighted by atomic mass is 9.97. The molecule has 6 heteroatoms. The van der Waals surface area contributed by atoms with Gasteiger partial charge in [-0.1, -0.05) is 34.9 Å². The van der Waals surface area contributed by atoms with Gasteiger partial charge >= 0.3 is 11.8 Å². The van der Waals surface area contributed by atoms with Gasteiger partial charge in [-0.2, -0.15) is 0 Å². The maximum absolute atomic E-state index is 11.8. The molecule has 0 atom stereocenters. The van der Waals surface area contributed by atoms with Crippen LogP contribution in [-0.4, -0.2) is 18.4 Å². The van der Waals surface area contributed by atoms with Crippen LogP contribution in [-0.2, 0) is 9.59 Å². The molecule has 1 aromatic rings. The van der Waals surface area contributed by atoms with Crippen molar-refractivity contribution < 1.29 is 9.59 Å². The highest BCUT2D eigenvalue weighted by Crippen LogP contribution is 2.25. The predicted molar refractivity (Wildman–Crippen MR) is 89.3 cm³/mol. The van der Waals surface area contributed by atoms with Crippen LogP contribution in [0.2, 0.25) is 10.0 Å². The van der Waals surface area contributed by atoms with E-state index in [1.54, 1.807) is 12.1 Å².